The lowest BCUT2D eigenvalue weighted by Gasteiger charge is -2.19. The van der Waals surface area contributed by atoms with Gasteiger partial charge in [0.25, 0.3) is 11.8 Å². The summed E-state index contributed by atoms with van der Waals surface area (Å²) in [5.41, 5.74) is 2.76. The molecule has 5 nitrogen and oxygen atoms in total. The number of amides is 2. The highest BCUT2D eigenvalue weighted by Gasteiger charge is 2.41. The molecular weight excluding hydrogens is 302 g/mol. The van der Waals surface area contributed by atoms with Gasteiger partial charge in [-0.15, -0.1) is 0 Å². The maximum atomic E-state index is 13.0. The van der Waals surface area contributed by atoms with Crippen LogP contribution in [0.3, 0.4) is 0 Å². The van der Waals surface area contributed by atoms with Crippen molar-refractivity contribution in [3.63, 3.8) is 0 Å². The number of para-hydroxylation sites is 1. The number of hydrogen-bond acceptors (Lipinski definition) is 3. The van der Waals surface area contributed by atoms with Crippen molar-refractivity contribution in [3.05, 3.63) is 41.7 Å². The highest BCUT2D eigenvalue weighted by atomic mass is 16.2. The van der Waals surface area contributed by atoms with Crippen molar-refractivity contribution in [2.75, 3.05) is 6.54 Å². The van der Waals surface area contributed by atoms with Gasteiger partial charge in [-0.1, -0.05) is 25.1 Å². The predicted octanol–water partition coefficient (Wildman–Crippen LogP) is 2.67. The second-order valence-electron chi connectivity index (χ2n) is 6.42. The van der Waals surface area contributed by atoms with Crippen LogP contribution in [0.5, 0.6) is 0 Å². The molecule has 1 N–H and O–H groups in total. The van der Waals surface area contributed by atoms with Gasteiger partial charge in [0.05, 0.1) is 5.57 Å². The fourth-order valence-electron chi connectivity index (χ4n) is 3.22. The topological polar surface area (TPSA) is 54.3 Å². The molecule has 0 atom stereocenters. The van der Waals surface area contributed by atoms with E-state index in [0.717, 1.165) is 22.9 Å². The van der Waals surface area contributed by atoms with Gasteiger partial charge in [-0.25, -0.2) is 0 Å². The van der Waals surface area contributed by atoms with Crippen LogP contribution in [-0.4, -0.2) is 33.9 Å². The van der Waals surface area contributed by atoms with E-state index in [0.29, 0.717) is 17.8 Å². The Balaban J connectivity index is 2.21. The average molecular weight is 325 g/mol. The SMILES string of the molecule is CCCNC1=C(c2cn(C)c3ccccc23)C(=O)N(C(C)C)C1=O. The number of rotatable bonds is 5. The summed E-state index contributed by atoms with van der Waals surface area (Å²) in [6.45, 7) is 6.42. The Kier molecular flexibility index (Phi) is 4.18. The largest absolute Gasteiger partial charge is 0.380 e. The molecule has 0 radical (unpaired) electrons. The van der Waals surface area contributed by atoms with Gasteiger partial charge in [0, 0.05) is 42.3 Å². The summed E-state index contributed by atoms with van der Waals surface area (Å²) in [7, 11) is 1.95. The molecule has 5 heteroatoms. The first-order valence-corrected chi connectivity index (χ1v) is 8.37. The number of carbonyl (C=O) groups excluding carboxylic acids is 2. The zero-order valence-electron chi connectivity index (χ0n) is 14.6. The van der Waals surface area contributed by atoms with Gasteiger partial charge in [-0.2, -0.15) is 0 Å². The molecule has 3 rings (SSSR count). The van der Waals surface area contributed by atoms with Crippen molar-refractivity contribution in [1.29, 1.82) is 0 Å². The molecule has 1 aliphatic rings. The van der Waals surface area contributed by atoms with Gasteiger partial charge in [-0.05, 0) is 26.3 Å². The molecule has 2 aromatic rings. The molecule has 24 heavy (non-hydrogen) atoms. The van der Waals surface area contributed by atoms with Gasteiger partial charge in [0.2, 0.25) is 0 Å². The Labute approximate surface area is 141 Å². The molecule has 1 aromatic carbocycles. The van der Waals surface area contributed by atoms with Gasteiger partial charge < -0.3 is 9.88 Å². The fraction of sp³-hybridized carbons (Fsp3) is 0.368. The number of aromatic nitrogens is 1. The number of fused-ring (bicyclic) bond motifs is 1. The van der Waals surface area contributed by atoms with Crippen LogP contribution >= 0.6 is 0 Å². The third-order valence-electron chi connectivity index (χ3n) is 4.35. The highest BCUT2D eigenvalue weighted by molar-refractivity contribution is 6.37. The lowest BCUT2D eigenvalue weighted by Crippen LogP contribution is -2.39. The maximum absolute atomic E-state index is 13.0. The summed E-state index contributed by atoms with van der Waals surface area (Å²) in [6, 6.07) is 7.76. The molecule has 0 unspecified atom stereocenters. The zero-order chi connectivity index (χ0) is 17.4. The molecule has 0 saturated heterocycles. The molecule has 0 fully saturated rings. The fourth-order valence-corrected chi connectivity index (χ4v) is 3.22. The Morgan fingerprint density at radius 3 is 2.50 bits per heavy atom. The van der Waals surface area contributed by atoms with Crippen molar-refractivity contribution in [2.45, 2.75) is 33.2 Å². The predicted molar refractivity (Wildman–Crippen MR) is 95.1 cm³/mol. The van der Waals surface area contributed by atoms with Crippen molar-refractivity contribution in [1.82, 2.24) is 14.8 Å². The normalized spacial score (nSPS) is 15.3. The number of aryl methyl sites for hydroxylation is 1. The first kappa shape index (κ1) is 16.3. The first-order valence-electron chi connectivity index (χ1n) is 8.37. The minimum absolute atomic E-state index is 0.170. The quantitative estimate of drug-likeness (QED) is 0.860. The van der Waals surface area contributed by atoms with E-state index >= 15 is 0 Å². The number of benzene rings is 1. The van der Waals surface area contributed by atoms with Gasteiger partial charge in [0.15, 0.2) is 0 Å². The first-order chi connectivity index (χ1) is 11.5. The number of nitrogens with one attached hydrogen (secondary N) is 1. The molecular formula is C19H23N3O2. The van der Waals surface area contributed by atoms with E-state index < -0.39 is 0 Å². The number of imide groups is 1. The molecule has 0 aliphatic carbocycles. The van der Waals surface area contributed by atoms with E-state index in [2.05, 4.69) is 5.32 Å². The van der Waals surface area contributed by atoms with Crippen LogP contribution in [0, 0.1) is 0 Å². The van der Waals surface area contributed by atoms with E-state index in [1.165, 1.54) is 4.90 Å². The number of hydrogen-bond donors (Lipinski definition) is 1. The number of nitrogens with zero attached hydrogens (tertiary/aromatic N) is 2. The molecule has 2 amide bonds. The van der Waals surface area contributed by atoms with Crippen LogP contribution in [0.25, 0.3) is 16.5 Å². The van der Waals surface area contributed by atoms with E-state index in [9.17, 15) is 9.59 Å². The van der Waals surface area contributed by atoms with Crippen LogP contribution in [0.15, 0.2) is 36.2 Å². The van der Waals surface area contributed by atoms with E-state index in [1.54, 1.807) is 0 Å². The third kappa shape index (κ3) is 2.40. The monoisotopic (exact) mass is 325 g/mol. The summed E-state index contributed by atoms with van der Waals surface area (Å²) in [5.74, 6) is -0.448. The molecule has 2 heterocycles. The Morgan fingerprint density at radius 2 is 1.83 bits per heavy atom. The second-order valence-corrected chi connectivity index (χ2v) is 6.42. The van der Waals surface area contributed by atoms with Crippen LogP contribution in [0.4, 0.5) is 0 Å². The van der Waals surface area contributed by atoms with Gasteiger partial charge in [-0.3, -0.25) is 14.5 Å². The van der Waals surface area contributed by atoms with Crippen molar-refractivity contribution < 1.29 is 9.59 Å². The van der Waals surface area contributed by atoms with Crippen molar-refractivity contribution in [2.24, 2.45) is 7.05 Å². The maximum Gasteiger partial charge on any atom is 0.277 e. The van der Waals surface area contributed by atoms with E-state index in [4.69, 9.17) is 0 Å². The summed E-state index contributed by atoms with van der Waals surface area (Å²) in [6.07, 6.45) is 2.82. The van der Waals surface area contributed by atoms with Crippen LogP contribution in [0.1, 0.15) is 32.8 Å². The molecule has 1 aliphatic heterocycles. The molecule has 1 aromatic heterocycles. The minimum Gasteiger partial charge on any atom is -0.380 e. The molecule has 0 spiro atoms. The van der Waals surface area contributed by atoms with Gasteiger partial charge >= 0.3 is 0 Å². The summed E-state index contributed by atoms with van der Waals surface area (Å²) in [5, 5.41) is 4.16. The van der Waals surface area contributed by atoms with Crippen LogP contribution in [-0.2, 0) is 16.6 Å². The summed E-state index contributed by atoms with van der Waals surface area (Å²) < 4.78 is 1.99. The minimum atomic E-state index is -0.230. The third-order valence-corrected chi connectivity index (χ3v) is 4.35. The highest BCUT2D eigenvalue weighted by Crippen LogP contribution is 2.34. The van der Waals surface area contributed by atoms with Crippen LogP contribution < -0.4 is 5.32 Å². The lowest BCUT2D eigenvalue weighted by atomic mass is 10.0. The van der Waals surface area contributed by atoms with Crippen LogP contribution in [0.2, 0.25) is 0 Å². The van der Waals surface area contributed by atoms with E-state index in [-0.39, 0.29) is 17.9 Å². The number of carbonyl (C=O) groups is 2. The second kappa shape index (κ2) is 6.15. The molecule has 126 valence electrons. The smallest absolute Gasteiger partial charge is 0.277 e. The van der Waals surface area contributed by atoms with Crippen molar-refractivity contribution in [3.8, 4) is 0 Å². The van der Waals surface area contributed by atoms with E-state index in [1.807, 2.05) is 62.8 Å². The zero-order valence-corrected chi connectivity index (χ0v) is 14.6. The standard InChI is InChI=1S/C19H23N3O2/c1-5-10-20-17-16(18(23)22(12(2)3)19(17)24)14-11-21(4)15-9-7-6-8-13(14)15/h6-9,11-12,20H,5,10H2,1-4H3. The molecule has 0 bridgehead atoms. The Bertz CT molecular complexity index is 845. The Hall–Kier alpha value is -2.56. The summed E-state index contributed by atoms with van der Waals surface area (Å²) >= 11 is 0. The lowest BCUT2D eigenvalue weighted by molar-refractivity contribution is -0.138. The van der Waals surface area contributed by atoms with Crippen molar-refractivity contribution >= 4 is 28.3 Å². The van der Waals surface area contributed by atoms with Gasteiger partial charge in [0.1, 0.15) is 5.70 Å². The summed E-state index contributed by atoms with van der Waals surface area (Å²) in [4.78, 5) is 27.1. The molecule has 0 saturated carbocycles. The Morgan fingerprint density at radius 1 is 1.12 bits per heavy atom. The average Bonchev–Trinajstić information content (AvgIpc) is 3.00.